The summed E-state index contributed by atoms with van der Waals surface area (Å²) < 4.78 is 5.46. The highest BCUT2D eigenvalue weighted by Gasteiger charge is 2.20. The molecule has 2 rings (SSSR count). The number of nitrogens with two attached hydrogens (primary N) is 2. The molecule has 1 aromatic heterocycles. The molecule has 9 heteroatoms. The fourth-order valence-corrected chi connectivity index (χ4v) is 2.02. The summed E-state index contributed by atoms with van der Waals surface area (Å²) in [6.07, 6.45) is 0. The number of anilines is 2. The van der Waals surface area contributed by atoms with Crippen LogP contribution in [0.4, 0.5) is 23.0 Å². The lowest BCUT2D eigenvalue weighted by Crippen LogP contribution is -2.22. The molecule has 0 aliphatic heterocycles. The molecule has 0 spiro atoms. The minimum absolute atomic E-state index is 0.0847. The Morgan fingerprint density at radius 3 is 2.43 bits per heavy atom. The van der Waals surface area contributed by atoms with Crippen LogP contribution >= 0.6 is 0 Å². The number of pyridine rings is 1. The third kappa shape index (κ3) is 5.58. The maximum atomic E-state index is 12.2. The van der Waals surface area contributed by atoms with Crippen molar-refractivity contribution in [3.63, 3.8) is 0 Å². The first-order valence-electron chi connectivity index (χ1n) is 8.80. The van der Waals surface area contributed by atoms with Crippen LogP contribution in [0.3, 0.4) is 0 Å². The zero-order valence-electron chi connectivity index (χ0n) is 16.0. The summed E-state index contributed by atoms with van der Waals surface area (Å²) in [5, 5.41) is 10.7. The van der Waals surface area contributed by atoms with Crippen LogP contribution in [-0.4, -0.2) is 23.4 Å². The van der Waals surface area contributed by atoms with E-state index in [2.05, 4.69) is 20.5 Å². The predicted molar refractivity (Wildman–Crippen MR) is 107 cm³/mol. The van der Waals surface area contributed by atoms with Crippen LogP contribution < -0.4 is 21.5 Å². The van der Waals surface area contributed by atoms with Crippen molar-refractivity contribution in [1.29, 1.82) is 0 Å². The molecule has 1 heterocycles. The van der Waals surface area contributed by atoms with Crippen LogP contribution in [0.1, 0.15) is 20.8 Å². The Kier molecular flexibility index (Phi) is 7.16. The number of carbonyl (C=O) groups is 2. The first-order chi connectivity index (χ1) is 13.3. The highest BCUT2D eigenvalue weighted by atomic mass is 16.5. The van der Waals surface area contributed by atoms with Crippen molar-refractivity contribution in [1.82, 2.24) is 4.98 Å². The molecule has 1 aromatic carbocycles. The Balaban J connectivity index is 2.18. The molecular weight excluding hydrogens is 360 g/mol. The molecule has 0 radical (unpaired) electrons. The summed E-state index contributed by atoms with van der Waals surface area (Å²) in [5.74, 6) is -0.148. The number of esters is 1. The zero-order chi connectivity index (χ0) is 20.7. The number of aromatic nitrogens is 1. The molecule has 0 unspecified atom stereocenters. The Morgan fingerprint density at radius 2 is 1.79 bits per heavy atom. The molecule has 0 saturated heterocycles. The monoisotopic (exact) mass is 384 g/mol. The van der Waals surface area contributed by atoms with Gasteiger partial charge in [-0.2, -0.15) is 0 Å². The van der Waals surface area contributed by atoms with E-state index in [0.29, 0.717) is 17.1 Å². The van der Waals surface area contributed by atoms with Gasteiger partial charge in [-0.05, 0) is 30.2 Å². The zero-order valence-corrected chi connectivity index (χ0v) is 16.0. The van der Waals surface area contributed by atoms with Crippen molar-refractivity contribution in [2.24, 2.45) is 27.8 Å². The first-order valence-corrected chi connectivity index (χ1v) is 8.80. The highest BCUT2D eigenvalue weighted by molar-refractivity contribution is 5.91. The number of para-hydroxylation sites is 1. The summed E-state index contributed by atoms with van der Waals surface area (Å²) in [6, 6.07) is 9.91. The minimum Gasteiger partial charge on any atom is -0.424 e. The maximum absolute atomic E-state index is 12.2. The van der Waals surface area contributed by atoms with Gasteiger partial charge in [-0.25, -0.2) is 4.98 Å². The van der Waals surface area contributed by atoms with E-state index in [1.165, 1.54) is 6.07 Å². The summed E-state index contributed by atoms with van der Waals surface area (Å²) in [7, 11) is 0. The van der Waals surface area contributed by atoms with Crippen molar-refractivity contribution in [2.45, 2.75) is 20.8 Å². The Morgan fingerprint density at radius 1 is 1.11 bits per heavy atom. The molecule has 0 fully saturated rings. The average Bonchev–Trinajstić information content (AvgIpc) is 2.67. The Bertz CT molecular complexity index is 882. The lowest BCUT2D eigenvalue weighted by atomic mass is 9.99. The first kappa shape index (κ1) is 21.0. The van der Waals surface area contributed by atoms with Crippen molar-refractivity contribution in [3.8, 4) is 5.75 Å². The summed E-state index contributed by atoms with van der Waals surface area (Å²) in [5.41, 5.74) is 11.8. The molecule has 2 aromatic rings. The predicted octanol–water partition coefficient (Wildman–Crippen LogP) is 3.17. The van der Waals surface area contributed by atoms with Gasteiger partial charge in [0.1, 0.15) is 17.2 Å². The maximum Gasteiger partial charge on any atom is 0.314 e. The number of rotatable bonds is 7. The largest absolute Gasteiger partial charge is 0.424 e. The van der Waals surface area contributed by atoms with Crippen molar-refractivity contribution >= 4 is 34.9 Å². The summed E-state index contributed by atoms with van der Waals surface area (Å²) >= 11 is 0. The van der Waals surface area contributed by atoms with E-state index in [-0.39, 0.29) is 41.9 Å². The molecule has 148 valence electrons. The van der Waals surface area contributed by atoms with Crippen LogP contribution in [-0.2, 0) is 9.59 Å². The van der Waals surface area contributed by atoms with E-state index in [9.17, 15) is 9.59 Å². The quantitative estimate of drug-likeness (QED) is 0.380. The lowest BCUT2D eigenvalue weighted by Gasteiger charge is -2.14. The van der Waals surface area contributed by atoms with Crippen molar-refractivity contribution in [2.75, 3.05) is 17.6 Å². The average molecular weight is 384 g/mol. The lowest BCUT2D eigenvalue weighted by molar-refractivity contribution is -0.139. The normalized spacial score (nSPS) is 12.2. The molecule has 0 saturated carbocycles. The molecule has 5 N–H and O–H groups in total. The van der Waals surface area contributed by atoms with Crippen LogP contribution in [0.25, 0.3) is 0 Å². The van der Waals surface area contributed by atoms with Gasteiger partial charge in [-0.15, -0.1) is 10.2 Å². The van der Waals surface area contributed by atoms with Crippen molar-refractivity contribution in [3.05, 3.63) is 36.4 Å². The van der Waals surface area contributed by atoms with Crippen LogP contribution in [0.15, 0.2) is 46.6 Å². The van der Waals surface area contributed by atoms with Gasteiger partial charge in [0.15, 0.2) is 11.6 Å². The van der Waals surface area contributed by atoms with Crippen LogP contribution in [0, 0.1) is 11.8 Å². The van der Waals surface area contributed by atoms with Gasteiger partial charge in [-0.3, -0.25) is 9.59 Å². The second-order valence-electron chi connectivity index (χ2n) is 6.47. The van der Waals surface area contributed by atoms with E-state index in [4.69, 9.17) is 16.2 Å². The minimum atomic E-state index is -0.382. The fourth-order valence-electron chi connectivity index (χ4n) is 2.02. The Labute approximate surface area is 163 Å². The number of nitrogen functional groups attached to an aromatic ring is 1. The highest BCUT2D eigenvalue weighted by Crippen LogP contribution is 2.31. The summed E-state index contributed by atoms with van der Waals surface area (Å²) in [6.45, 7) is 5.56. The third-order valence-electron chi connectivity index (χ3n) is 4.07. The molecular formula is C19H24N6O3. The topological polar surface area (TPSA) is 145 Å². The van der Waals surface area contributed by atoms with Crippen molar-refractivity contribution < 1.29 is 14.3 Å². The number of ether oxygens (including phenoxy) is 1. The number of benzene rings is 1. The molecule has 28 heavy (non-hydrogen) atoms. The van der Waals surface area contributed by atoms with Crippen LogP contribution in [0.5, 0.6) is 5.75 Å². The van der Waals surface area contributed by atoms with Gasteiger partial charge in [0.05, 0.1) is 12.5 Å². The van der Waals surface area contributed by atoms with E-state index in [0.717, 1.165) is 0 Å². The number of nitrogens with zero attached hydrogens (tertiary/aromatic N) is 3. The van der Waals surface area contributed by atoms with E-state index < -0.39 is 0 Å². The molecule has 1 amide bonds. The second kappa shape index (κ2) is 9.56. The number of azo groups is 1. The third-order valence-corrected chi connectivity index (χ3v) is 4.07. The standard InChI is InChI=1S/C19H24N6O3/c1-11(2)12(3)19(27)28-15-7-5-4-6-13(15)24-25-14-8-9-16(23-18(14)21)22-17(26)10-20/h4-9,11-12H,10,20H2,1-3H3,(H3,21,22,23,26)/b25-24+/t12-/m0/s1. The van der Waals surface area contributed by atoms with Gasteiger partial charge >= 0.3 is 5.97 Å². The number of nitrogens with one attached hydrogen (secondary N) is 1. The van der Waals surface area contributed by atoms with Gasteiger partial charge in [-0.1, -0.05) is 32.9 Å². The van der Waals surface area contributed by atoms with E-state index >= 15 is 0 Å². The summed E-state index contributed by atoms with van der Waals surface area (Å²) in [4.78, 5) is 27.6. The Hall–Kier alpha value is -3.33. The van der Waals surface area contributed by atoms with Crippen LogP contribution in [0.2, 0.25) is 0 Å². The van der Waals surface area contributed by atoms with Gasteiger partial charge in [0.2, 0.25) is 5.91 Å². The molecule has 0 bridgehead atoms. The van der Waals surface area contributed by atoms with E-state index in [1.807, 2.05) is 20.8 Å². The number of hydrogen-bond acceptors (Lipinski definition) is 8. The molecule has 1 atom stereocenters. The van der Waals surface area contributed by atoms with E-state index in [1.54, 1.807) is 30.3 Å². The molecule has 9 nitrogen and oxygen atoms in total. The number of carbonyl (C=O) groups excluding carboxylic acids is 2. The number of amides is 1. The molecule has 0 aliphatic rings. The fraction of sp³-hybridized carbons (Fsp3) is 0.316. The number of hydrogen-bond donors (Lipinski definition) is 3. The SMILES string of the molecule is CC(C)[C@H](C)C(=O)Oc1ccccc1/N=N/c1ccc(NC(=O)CN)nc1N. The smallest absolute Gasteiger partial charge is 0.314 e. The van der Waals surface area contributed by atoms with Gasteiger partial charge < -0.3 is 21.5 Å². The van der Waals surface area contributed by atoms with Gasteiger partial charge in [0, 0.05) is 0 Å². The molecule has 0 aliphatic carbocycles. The second-order valence-corrected chi connectivity index (χ2v) is 6.47. The van der Waals surface area contributed by atoms with Gasteiger partial charge in [0.25, 0.3) is 0 Å².